The maximum atomic E-state index is 12.9. The van der Waals surface area contributed by atoms with E-state index < -0.39 is 21.9 Å². The number of benzene rings is 2. The molecule has 0 saturated heterocycles. The first-order valence-electron chi connectivity index (χ1n) is 11.1. The highest BCUT2D eigenvalue weighted by atomic mass is 35.5. The van der Waals surface area contributed by atoms with Crippen LogP contribution in [0.2, 0.25) is 0 Å². The third-order valence-electron chi connectivity index (χ3n) is 5.82. The fourth-order valence-corrected chi connectivity index (χ4v) is 4.91. The maximum Gasteiger partial charge on any atom is 0.573 e. The van der Waals surface area contributed by atoms with Crippen molar-refractivity contribution in [3.63, 3.8) is 0 Å². The van der Waals surface area contributed by atoms with Crippen molar-refractivity contribution >= 4 is 34.1 Å². The van der Waals surface area contributed by atoms with E-state index in [4.69, 9.17) is 11.5 Å². The molecule has 0 fully saturated rings. The fraction of sp³-hybridized carbons (Fsp3) is 0.250. The number of ether oxygens (including phenoxy) is 1. The summed E-state index contributed by atoms with van der Waals surface area (Å²) in [6, 6.07) is 12.8. The van der Waals surface area contributed by atoms with Gasteiger partial charge in [0.25, 0.3) is 5.91 Å². The van der Waals surface area contributed by atoms with Gasteiger partial charge in [-0.3, -0.25) is 9.79 Å². The summed E-state index contributed by atoms with van der Waals surface area (Å²) in [5, 5.41) is 2.82. The van der Waals surface area contributed by atoms with E-state index in [0.717, 1.165) is 6.26 Å². The van der Waals surface area contributed by atoms with Crippen LogP contribution in [0.4, 0.5) is 13.2 Å². The number of amides is 1. The van der Waals surface area contributed by atoms with E-state index >= 15 is 0 Å². The average Bonchev–Trinajstić information content (AvgIpc) is 3.21. The number of halogens is 4. The Morgan fingerprint density at radius 1 is 1.13 bits per heavy atom. The molecule has 9 nitrogen and oxygen atoms in total. The number of fused-ring (bicyclic) bond motifs is 1. The molecule has 14 heteroatoms. The molecule has 1 aliphatic heterocycles. The third-order valence-corrected chi connectivity index (χ3v) is 6.95. The van der Waals surface area contributed by atoms with Crippen LogP contribution in [-0.4, -0.2) is 50.6 Å². The normalized spacial score (nSPS) is 15.2. The van der Waals surface area contributed by atoms with E-state index in [9.17, 15) is 26.4 Å². The zero-order valence-electron chi connectivity index (χ0n) is 20.0. The highest BCUT2D eigenvalue weighted by molar-refractivity contribution is 7.90. The second-order valence-corrected chi connectivity index (χ2v) is 10.5. The second-order valence-electron chi connectivity index (χ2n) is 8.49. The van der Waals surface area contributed by atoms with Crippen LogP contribution in [0.5, 0.6) is 5.75 Å². The summed E-state index contributed by atoms with van der Waals surface area (Å²) in [7, 11) is -3.46. The molecule has 0 spiro atoms. The third kappa shape index (κ3) is 6.40. The standard InChI is InChI=1S/C24H24F3N5O4S.ClH/c1-37(34,35)18-7-5-14(6-8-18)21-19(15-3-2-4-17(11-15)36-24(25,26)27)12-20-22(33)31-13-16(32(20)21)9-10-30-23(28)29;/h2-8,11-12,16H,9-10,13H2,1H3,(H,31,33)(H4,28,29,30);1H/t16-;/m0./s1. The largest absolute Gasteiger partial charge is 0.573 e. The Labute approximate surface area is 223 Å². The van der Waals surface area contributed by atoms with E-state index in [0.29, 0.717) is 34.5 Å². The Kier molecular flexibility index (Phi) is 8.32. The molecular formula is C24H25ClF3N5O4S. The van der Waals surface area contributed by atoms with Gasteiger partial charge in [-0.25, -0.2) is 8.42 Å². The van der Waals surface area contributed by atoms with Crippen LogP contribution in [0, 0.1) is 0 Å². The van der Waals surface area contributed by atoms with Gasteiger partial charge in [-0.1, -0.05) is 24.3 Å². The SMILES string of the molecule is CS(=O)(=O)c1ccc(-c2c(-c3cccc(OC(F)(F)F)c3)cc3n2[C@@H](CCN=C(N)N)CNC3=O)cc1.Cl. The van der Waals surface area contributed by atoms with Crippen LogP contribution in [0.25, 0.3) is 22.4 Å². The second kappa shape index (κ2) is 11.0. The highest BCUT2D eigenvalue weighted by Gasteiger charge is 2.33. The van der Waals surface area contributed by atoms with E-state index in [1.54, 1.807) is 28.8 Å². The lowest BCUT2D eigenvalue weighted by Crippen LogP contribution is -2.39. The summed E-state index contributed by atoms with van der Waals surface area (Å²) in [4.78, 5) is 17.0. The zero-order chi connectivity index (χ0) is 27.0. The zero-order valence-corrected chi connectivity index (χ0v) is 21.7. The molecule has 4 rings (SSSR count). The number of sulfone groups is 1. The van der Waals surface area contributed by atoms with E-state index in [2.05, 4.69) is 15.0 Å². The van der Waals surface area contributed by atoms with Gasteiger partial charge in [0.1, 0.15) is 11.4 Å². The van der Waals surface area contributed by atoms with Gasteiger partial charge in [0.05, 0.1) is 16.6 Å². The molecule has 1 amide bonds. The molecule has 0 unspecified atom stereocenters. The van der Waals surface area contributed by atoms with Gasteiger partial charge in [0.2, 0.25) is 0 Å². The summed E-state index contributed by atoms with van der Waals surface area (Å²) in [6.45, 7) is 0.544. The van der Waals surface area contributed by atoms with E-state index in [1.807, 2.05) is 0 Å². The van der Waals surface area contributed by atoms with Gasteiger partial charge in [0, 0.05) is 24.9 Å². The predicted molar refractivity (Wildman–Crippen MR) is 139 cm³/mol. The minimum Gasteiger partial charge on any atom is -0.406 e. The van der Waals surface area contributed by atoms with E-state index in [1.165, 1.54) is 30.3 Å². The minimum absolute atomic E-state index is 0. The molecule has 1 aliphatic rings. The van der Waals surface area contributed by atoms with Crippen molar-refractivity contribution < 1.29 is 31.1 Å². The number of aliphatic imine (C=N–C) groups is 1. The van der Waals surface area contributed by atoms with Gasteiger partial charge in [-0.2, -0.15) is 0 Å². The van der Waals surface area contributed by atoms with Crippen LogP contribution >= 0.6 is 12.4 Å². The summed E-state index contributed by atoms with van der Waals surface area (Å²) in [6.07, 6.45) is -3.34. The molecular weight excluding hydrogens is 547 g/mol. The van der Waals surface area contributed by atoms with Crippen LogP contribution in [0.15, 0.2) is 64.5 Å². The molecule has 38 heavy (non-hydrogen) atoms. The van der Waals surface area contributed by atoms with Crippen molar-refractivity contribution in [1.82, 2.24) is 9.88 Å². The van der Waals surface area contributed by atoms with Crippen LogP contribution < -0.4 is 21.5 Å². The minimum atomic E-state index is -4.88. The molecule has 1 aromatic heterocycles. The topological polar surface area (TPSA) is 142 Å². The van der Waals surface area contributed by atoms with Gasteiger partial charge in [-0.05, 0) is 47.9 Å². The Balaban J connectivity index is 0.00000400. The monoisotopic (exact) mass is 571 g/mol. The molecule has 0 aliphatic carbocycles. The Morgan fingerprint density at radius 3 is 2.42 bits per heavy atom. The van der Waals surface area contributed by atoms with Crippen molar-refractivity contribution in [3.8, 4) is 28.1 Å². The van der Waals surface area contributed by atoms with Crippen molar-refractivity contribution in [3.05, 3.63) is 60.3 Å². The lowest BCUT2D eigenvalue weighted by Gasteiger charge is -2.28. The van der Waals surface area contributed by atoms with Crippen LogP contribution in [0.1, 0.15) is 23.0 Å². The molecule has 3 aromatic rings. The number of carbonyl (C=O) groups is 1. The Bertz CT molecular complexity index is 1470. The Morgan fingerprint density at radius 2 is 1.82 bits per heavy atom. The molecule has 0 bridgehead atoms. The number of rotatable bonds is 7. The van der Waals surface area contributed by atoms with Gasteiger partial charge in [0.15, 0.2) is 15.8 Å². The number of hydrogen-bond donors (Lipinski definition) is 3. The van der Waals surface area contributed by atoms with Crippen LogP contribution in [0.3, 0.4) is 0 Å². The molecule has 2 heterocycles. The van der Waals surface area contributed by atoms with Crippen molar-refractivity contribution in [2.24, 2.45) is 16.5 Å². The van der Waals surface area contributed by atoms with Gasteiger partial charge in [-0.15, -0.1) is 25.6 Å². The molecule has 0 saturated carbocycles. The number of alkyl halides is 3. The number of hydrogen-bond acceptors (Lipinski definition) is 5. The fourth-order valence-electron chi connectivity index (χ4n) is 4.28. The quantitative estimate of drug-likeness (QED) is 0.293. The predicted octanol–water partition coefficient (Wildman–Crippen LogP) is 3.49. The molecule has 5 N–H and O–H groups in total. The molecule has 1 atom stereocenters. The maximum absolute atomic E-state index is 12.9. The molecule has 0 radical (unpaired) electrons. The summed E-state index contributed by atoms with van der Waals surface area (Å²) < 4.78 is 68.4. The highest BCUT2D eigenvalue weighted by Crippen LogP contribution is 2.41. The van der Waals surface area contributed by atoms with Crippen molar-refractivity contribution in [2.45, 2.75) is 23.7 Å². The molecule has 2 aromatic carbocycles. The average molecular weight is 572 g/mol. The lowest BCUT2D eigenvalue weighted by atomic mass is 10.0. The summed E-state index contributed by atoms with van der Waals surface area (Å²) in [5.74, 6) is -0.853. The molecule has 204 valence electrons. The summed E-state index contributed by atoms with van der Waals surface area (Å²) >= 11 is 0. The first-order valence-corrected chi connectivity index (χ1v) is 13.0. The Hall–Kier alpha value is -3.71. The van der Waals surface area contributed by atoms with Gasteiger partial charge < -0.3 is 26.1 Å². The number of guanidine groups is 1. The smallest absolute Gasteiger partial charge is 0.406 e. The van der Waals surface area contributed by atoms with Gasteiger partial charge >= 0.3 is 6.36 Å². The van der Waals surface area contributed by atoms with E-state index in [-0.39, 0.29) is 48.3 Å². The van der Waals surface area contributed by atoms with Crippen LogP contribution in [-0.2, 0) is 9.84 Å². The summed E-state index contributed by atoms with van der Waals surface area (Å²) in [5.41, 5.74) is 13.1. The van der Waals surface area contributed by atoms with Crippen molar-refractivity contribution in [2.75, 3.05) is 19.3 Å². The number of nitrogens with two attached hydrogens (primary N) is 2. The lowest BCUT2D eigenvalue weighted by molar-refractivity contribution is -0.274. The number of aromatic nitrogens is 1. The van der Waals surface area contributed by atoms with Crippen molar-refractivity contribution in [1.29, 1.82) is 0 Å². The number of nitrogens with zero attached hydrogens (tertiary/aromatic N) is 2. The first kappa shape index (κ1) is 28.9. The first-order chi connectivity index (χ1) is 17.3. The number of carbonyl (C=O) groups excluding carboxylic acids is 1. The number of nitrogens with one attached hydrogen (secondary N) is 1.